The molecule has 150 valence electrons. The number of carbonyl (C=O) groups excluding carboxylic acids is 2. The summed E-state index contributed by atoms with van der Waals surface area (Å²) in [5.74, 6) is 0.143. The molecule has 0 unspecified atom stereocenters. The standard InChI is InChI=1S/C19H28BrN3O4/c1-5-26-16(24)19(11-13-10-14(20)12-22-15(13)21)6-8-23(9-7-19)17(25)27-18(2,3)4/h10,12H,5-9,11H2,1-4H3,(H2,21,22). The summed E-state index contributed by atoms with van der Waals surface area (Å²) in [6.45, 7) is 8.45. The summed E-state index contributed by atoms with van der Waals surface area (Å²) in [5, 5.41) is 0. The zero-order valence-electron chi connectivity index (χ0n) is 16.4. The maximum atomic E-state index is 12.8. The fraction of sp³-hybridized carbons (Fsp3) is 0.632. The van der Waals surface area contributed by atoms with E-state index in [0.717, 1.165) is 10.0 Å². The Bertz CT molecular complexity index is 695. The van der Waals surface area contributed by atoms with Crippen molar-refractivity contribution < 1.29 is 19.1 Å². The summed E-state index contributed by atoms with van der Waals surface area (Å²) < 4.78 is 11.6. The molecule has 1 aromatic rings. The Labute approximate surface area is 168 Å². The number of ether oxygens (including phenoxy) is 2. The van der Waals surface area contributed by atoms with Crippen molar-refractivity contribution in [2.75, 3.05) is 25.4 Å². The number of piperidine rings is 1. The normalized spacial score (nSPS) is 16.7. The van der Waals surface area contributed by atoms with Crippen LogP contribution >= 0.6 is 15.9 Å². The zero-order chi connectivity index (χ0) is 20.2. The number of nitrogen functional groups attached to an aromatic ring is 1. The van der Waals surface area contributed by atoms with Crippen molar-refractivity contribution in [2.45, 2.75) is 52.6 Å². The van der Waals surface area contributed by atoms with Crippen LogP contribution in [-0.4, -0.2) is 47.2 Å². The third-order valence-electron chi connectivity index (χ3n) is 4.58. The summed E-state index contributed by atoms with van der Waals surface area (Å²) in [6.07, 6.45) is 2.66. The minimum absolute atomic E-state index is 0.256. The molecule has 0 spiro atoms. The second kappa shape index (κ2) is 8.46. The van der Waals surface area contributed by atoms with Crippen LogP contribution in [0, 0.1) is 5.41 Å². The van der Waals surface area contributed by atoms with Crippen LogP contribution in [0.5, 0.6) is 0 Å². The average molecular weight is 442 g/mol. The first-order valence-corrected chi connectivity index (χ1v) is 9.91. The SMILES string of the molecule is CCOC(=O)C1(Cc2cc(Br)cnc2N)CCN(C(=O)OC(C)(C)C)CC1. The number of hydrogen-bond acceptors (Lipinski definition) is 6. The van der Waals surface area contributed by atoms with Gasteiger partial charge in [0, 0.05) is 23.8 Å². The predicted octanol–water partition coefficient (Wildman–Crippen LogP) is 3.55. The number of amides is 1. The topological polar surface area (TPSA) is 94.7 Å². The van der Waals surface area contributed by atoms with Gasteiger partial charge in [-0.05, 0) is 74.5 Å². The van der Waals surface area contributed by atoms with E-state index < -0.39 is 11.0 Å². The minimum atomic E-state index is -0.731. The van der Waals surface area contributed by atoms with Gasteiger partial charge in [-0.2, -0.15) is 0 Å². The first kappa shape index (κ1) is 21.5. The van der Waals surface area contributed by atoms with Gasteiger partial charge in [0.1, 0.15) is 11.4 Å². The van der Waals surface area contributed by atoms with Crippen LogP contribution < -0.4 is 5.73 Å². The van der Waals surface area contributed by atoms with Crippen molar-refractivity contribution in [3.8, 4) is 0 Å². The van der Waals surface area contributed by atoms with Gasteiger partial charge in [-0.15, -0.1) is 0 Å². The number of nitrogens with zero attached hydrogens (tertiary/aromatic N) is 2. The Morgan fingerprint density at radius 1 is 1.33 bits per heavy atom. The van der Waals surface area contributed by atoms with Crippen molar-refractivity contribution in [2.24, 2.45) is 5.41 Å². The molecule has 1 aliphatic heterocycles. The molecule has 0 aromatic carbocycles. The van der Waals surface area contributed by atoms with Crippen LogP contribution in [0.1, 0.15) is 46.1 Å². The third-order valence-corrected chi connectivity index (χ3v) is 5.01. The largest absolute Gasteiger partial charge is 0.466 e. The lowest BCUT2D eigenvalue weighted by Gasteiger charge is -2.40. The van der Waals surface area contributed by atoms with Gasteiger partial charge >= 0.3 is 12.1 Å². The van der Waals surface area contributed by atoms with Gasteiger partial charge in [-0.1, -0.05) is 0 Å². The molecule has 1 fully saturated rings. The van der Waals surface area contributed by atoms with Gasteiger partial charge < -0.3 is 20.1 Å². The number of nitrogens with two attached hydrogens (primary N) is 1. The molecular formula is C19H28BrN3O4. The summed E-state index contributed by atoms with van der Waals surface area (Å²) in [7, 11) is 0. The number of anilines is 1. The van der Waals surface area contributed by atoms with E-state index in [1.165, 1.54) is 0 Å². The molecule has 1 saturated heterocycles. The molecule has 0 aliphatic carbocycles. The van der Waals surface area contributed by atoms with Crippen molar-refractivity contribution >= 4 is 33.8 Å². The second-order valence-corrected chi connectivity index (χ2v) is 8.76. The Balaban J connectivity index is 2.18. The highest BCUT2D eigenvalue weighted by atomic mass is 79.9. The quantitative estimate of drug-likeness (QED) is 0.717. The second-order valence-electron chi connectivity index (χ2n) is 7.84. The Morgan fingerprint density at radius 2 is 1.96 bits per heavy atom. The lowest BCUT2D eigenvalue weighted by atomic mass is 9.74. The highest BCUT2D eigenvalue weighted by Gasteiger charge is 2.44. The van der Waals surface area contributed by atoms with Crippen LogP contribution in [0.25, 0.3) is 0 Å². The number of esters is 1. The highest BCUT2D eigenvalue weighted by molar-refractivity contribution is 9.10. The number of hydrogen-bond donors (Lipinski definition) is 1. The van der Waals surface area contributed by atoms with E-state index in [0.29, 0.717) is 44.8 Å². The molecule has 2 heterocycles. The molecular weight excluding hydrogens is 414 g/mol. The minimum Gasteiger partial charge on any atom is -0.466 e. The van der Waals surface area contributed by atoms with Crippen LogP contribution in [0.2, 0.25) is 0 Å². The molecule has 0 bridgehead atoms. The van der Waals surface area contributed by atoms with E-state index in [2.05, 4.69) is 20.9 Å². The first-order valence-electron chi connectivity index (χ1n) is 9.11. The van der Waals surface area contributed by atoms with E-state index in [9.17, 15) is 9.59 Å². The molecule has 1 aromatic heterocycles. The predicted molar refractivity (Wildman–Crippen MR) is 106 cm³/mol. The van der Waals surface area contributed by atoms with E-state index in [1.807, 2.05) is 26.8 Å². The van der Waals surface area contributed by atoms with Crippen molar-refractivity contribution in [3.05, 3.63) is 22.3 Å². The van der Waals surface area contributed by atoms with E-state index >= 15 is 0 Å². The lowest BCUT2D eigenvalue weighted by Crippen LogP contribution is -2.49. The Kier molecular flexibility index (Phi) is 6.72. The van der Waals surface area contributed by atoms with E-state index in [4.69, 9.17) is 15.2 Å². The van der Waals surface area contributed by atoms with E-state index in [1.54, 1.807) is 18.0 Å². The smallest absolute Gasteiger partial charge is 0.410 e. The summed E-state index contributed by atoms with van der Waals surface area (Å²) in [4.78, 5) is 30.9. The highest BCUT2D eigenvalue weighted by Crippen LogP contribution is 2.38. The molecule has 2 N–H and O–H groups in total. The van der Waals surface area contributed by atoms with Crippen molar-refractivity contribution in [3.63, 3.8) is 0 Å². The fourth-order valence-electron chi connectivity index (χ4n) is 3.18. The molecule has 0 radical (unpaired) electrons. The molecule has 7 nitrogen and oxygen atoms in total. The summed E-state index contributed by atoms with van der Waals surface area (Å²) in [5.41, 5.74) is 5.53. The first-order chi connectivity index (χ1) is 12.6. The maximum absolute atomic E-state index is 12.8. The average Bonchev–Trinajstić information content (AvgIpc) is 2.57. The van der Waals surface area contributed by atoms with Crippen molar-refractivity contribution in [1.29, 1.82) is 0 Å². The van der Waals surface area contributed by atoms with Crippen molar-refractivity contribution in [1.82, 2.24) is 9.88 Å². The zero-order valence-corrected chi connectivity index (χ0v) is 18.0. The monoisotopic (exact) mass is 441 g/mol. The fourth-order valence-corrected chi connectivity index (χ4v) is 3.56. The van der Waals surface area contributed by atoms with E-state index in [-0.39, 0.29) is 12.1 Å². The number of likely N-dealkylation sites (tertiary alicyclic amines) is 1. The molecule has 1 aliphatic rings. The number of halogens is 1. The molecule has 27 heavy (non-hydrogen) atoms. The number of aromatic nitrogens is 1. The number of carbonyl (C=O) groups is 2. The van der Waals surface area contributed by atoms with Crippen LogP contribution in [-0.2, 0) is 20.7 Å². The molecule has 8 heteroatoms. The maximum Gasteiger partial charge on any atom is 0.410 e. The van der Waals surface area contributed by atoms with Gasteiger partial charge in [0.05, 0.1) is 12.0 Å². The number of rotatable bonds is 4. The van der Waals surface area contributed by atoms with Crippen LogP contribution in [0.4, 0.5) is 10.6 Å². The molecule has 2 rings (SSSR count). The molecule has 0 atom stereocenters. The van der Waals surface area contributed by atoms with Gasteiger partial charge in [0.15, 0.2) is 0 Å². The summed E-state index contributed by atoms with van der Waals surface area (Å²) in [6, 6.07) is 1.88. The van der Waals surface area contributed by atoms with Crippen LogP contribution in [0.15, 0.2) is 16.7 Å². The van der Waals surface area contributed by atoms with Crippen LogP contribution in [0.3, 0.4) is 0 Å². The number of pyridine rings is 1. The van der Waals surface area contributed by atoms with Gasteiger partial charge in [0.25, 0.3) is 0 Å². The molecule has 1 amide bonds. The lowest BCUT2D eigenvalue weighted by molar-refractivity contribution is -0.158. The van der Waals surface area contributed by atoms with Gasteiger partial charge in [0.2, 0.25) is 0 Å². The Morgan fingerprint density at radius 3 is 2.52 bits per heavy atom. The van der Waals surface area contributed by atoms with Gasteiger partial charge in [-0.3, -0.25) is 4.79 Å². The Hall–Kier alpha value is -1.83. The molecule has 0 saturated carbocycles. The van der Waals surface area contributed by atoms with Gasteiger partial charge in [-0.25, -0.2) is 9.78 Å². The third kappa shape index (κ3) is 5.57. The summed E-state index contributed by atoms with van der Waals surface area (Å²) >= 11 is 3.40.